The number of nitrogens with zero attached hydrogens (tertiary/aromatic N) is 2. The van der Waals surface area contributed by atoms with Crippen molar-refractivity contribution in [2.45, 2.75) is 12.3 Å². The third kappa shape index (κ3) is 5.12. The van der Waals surface area contributed by atoms with Gasteiger partial charge in [-0.05, 0) is 82.9 Å². The van der Waals surface area contributed by atoms with Gasteiger partial charge in [0.25, 0.3) is 0 Å². The second-order valence-electron chi connectivity index (χ2n) is 14.8. The number of para-hydroxylation sites is 2. The molecule has 0 fully saturated rings. The topological polar surface area (TPSA) is 67.6 Å². The molecule has 2 N–H and O–H groups in total. The molecule has 11 aromatic rings. The van der Waals surface area contributed by atoms with Crippen LogP contribution in [0.5, 0.6) is 0 Å². The summed E-state index contributed by atoms with van der Waals surface area (Å²) in [4.78, 5) is 5.26. The van der Waals surface area contributed by atoms with E-state index < -0.39 is 0 Å². The SMILES string of the molecule is c1ccc(C2N=C(c3cccc4oc5ccc(-c6ccc7c(c6)oc6ccc(-n8c9ccccc9c9ccccc98)cc67)cc5c34)NC(c3ccccc3)N2)cc1. The number of hydrogen-bond acceptors (Lipinski definition) is 5. The van der Waals surface area contributed by atoms with Gasteiger partial charge in [-0.25, -0.2) is 4.99 Å². The van der Waals surface area contributed by atoms with Gasteiger partial charge in [-0.15, -0.1) is 0 Å². The summed E-state index contributed by atoms with van der Waals surface area (Å²) in [7, 11) is 0. The van der Waals surface area contributed by atoms with Gasteiger partial charge in [-0.3, -0.25) is 5.32 Å². The minimum atomic E-state index is -0.231. The van der Waals surface area contributed by atoms with Crippen molar-refractivity contribution in [3.8, 4) is 16.8 Å². The first-order chi connectivity index (χ1) is 28.2. The smallest absolute Gasteiger partial charge is 0.136 e. The molecule has 2 atom stereocenters. The van der Waals surface area contributed by atoms with Crippen molar-refractivity contribution < 1.29 is 8.83 Å². The quantitative estimate of drug-likeness (QED) is 0.185. The molecule has 2 unspecified atom stereocenters. The van der Waals surface area contributed by atoms with Gasteiger partial charge in [0.05, 0.1) is 11.0 Å². The van der Waals surface area contributed by atoms with E-state index in [-0.39, 0.29) is 12.3 Å². The van der Waals surface area contributed by atoms with Crippen molar-refractivity contribution in [1.82, 2.24) is 15.2 Å². The predicted molar refractivity (Wildman–Crippen MR) is 232 cm³/mol. The molecule has 57 heavy (non-hydrogen) atoms. The third-order valence-corrected chi connectivity index (χ3v) is 11.5. The van der Waals surface area contributed by atoms with Crippen LogP contribution in [0.1, 0.15) is 29.0 Å². The van der Waals surface area contributed by atoms with Crippen LogP contribution in [0.2, 0.25) is 0 Å². The van der Waals surface area contributed by atoms with Gasteiger partial charge in [0.1, 0.15) is 40.5 Å². The Hall–Kier alpha value is -7.41. The van der Waals surface area contributed by atoms with Crippen LogP contribution >= 0.6 is 0 Å². The first kappa shape index (κ1) is 31.9. The summed E-state index contributed by atoms with van der Waals surface area (Å²) in [6, 6.07) is 63.8. The summed E-state index contributed by atoms with van der Waals surface area (Å²) in [6.45, 7) is 0. The molecule has 0 amide bonds. The van der Waals surface area contributed by atoms with Crippen LogP contribution in [-0.4, -0.2) is 10.4 Å². The van der Waals surface area contributed by atoms with Gasteiger partial charge < -0.3 is 18.7 Å². The van der Waals surface area contributed by atoms with Crippen molar-refractivity contribution in [3.63, 3.8) is 0 Å². The van der Waals surface area contributed by atoms with E-state index in [4.69, 9.17) is 13.8 Å². The fourth-order valence-electron chi connectivity index (χ4n) is 8.81. The van der Waals surface area contributed by atoms with Crippen LogP contribution in [0.25, 0.3) is 82.5 Å². The molecule has 8 aromatic carbocycles. The van der Waals surface area contributed by atoms with Gasteiger partial charge >= 0.3 is 0 Å². The van der Waals surface area contributed by atoms with E-state index >= 15 is 0 Å². The van der Waals surface area contributed by atoms with Gasteiger partial charge in [-0.1, -0.05) is 121 Å². The number of fused-ring (bicyclic) bond motifs is 9. The summed E-state index contributed by atoms with van der Waals surface area (Å²) in [5, 5.41) is 14.2. The summed E-state index contributed by atoms with van der Waals surface area (Å²) >= 11 is 0. The zero-order valence-electron chi connectivity index (χ0n) is 30.7. The molecular formula is C51H34N4O2. The number of nitrogens with one attached hydrogen (secondary N) is 2. The average Bonchev–Trinajstić information content (AvgIpc) is 3.95. The first-order valence-corrected chi connectivity index (χ1v) is 19.3. The number of hydrogen-bond donors (Lipinski definition) is 2. The highest BCUT2D eigenvalue weighted by atomic mass is 16.3. The van der Waals surface area contributed by atoms with E-state index in [1.807, 2.05) is 24.3 Å². The van der Waals surface area contributed by atoms with Gasteiger partial charge in [-0.2, -0.15) is 0 Å². The average molecular weight is 735 g/mol. The van der Waals surface area contributed by atoms with Crippen LogP contribution in [0, 0.1) is 0 Å². The van der Waals surface area contributed by atoms with Gasteiger partial charge in [0, 0.05) is 43.6 Å². The van der Waals surface area contributed by atoms with E-state index in [1.165, 1.54) is 21.8 Å². The van der Waals surface area contributed by atoms with E-state index in [0.29, 0.717) is 0 Å². The Labute approximate surface area is 327 Å². The number of aromatic nitrogens is 1. The Morgan fingerprint density at radius 1 is 0.456 bits per heavy atom. The van der Waals surface area contributed by atoms with Crippen molar-refractivity contribution >= 4 is 71.5 Å². The van der Waals surface area contributed by atoms with Gasteiger partial charge in [0.2, 0.25) is 0 Å². The molecule has 270 valence electrons. The largest absolute Gasteiger partial charge is 0.456 e. The molecule has 0 aliphatic carbocycles. The lowest BCUT2D eigenvalue weighted by atomic mass is 9.99. The lowest BCUT2D eigenvalue weighted by molar-refractivity contribution is 0.409. The van der Waals surface area contributed by atoms with Crippen molar-refractivity contribution in [3.05, 3.63) is 199 Å². The maximum atomic E-state index is 6.54. The monoisotopic (exact) mass is 734 g/mol. The number of benzene rings is 8. The fourth-order valence-corrected chi connectivity index (χ4v) is 8.81. The highest BCUT2D eigenvalue weighted by molar-refractivity contribution is 6.19. The summed E-state index contributed by atoms with van der Waals surface area (Å²) < 4.78 is 15.4. The third-order valence-electron chi connectivity index (χ3n) is 11.5. The summed E-state index contributed by atoms with van der Waals surface area (Å²) in [5.41, 5.74) is 12.3. The van der Waals surface area contributed by atoms with Crippen molar-refractivity contribution in [1.29, 1.82) is 0 Å². The minimum Gasteiger partial charge on any atom is -0.456 e. The zero-order chi connectivity index (χ0) is 37.5. The molecule has 0 saturated carbocycles. The van der Waals surface area contributed by atoms with Crippen LogP contribution in [0.15, 0.2) is 196 Å². The van der Waals surface area contributed by atoms with Crippen LogP contribution < -0.4 is 10.6 Å². The molecule has 0 bridgehead atoms. The normalized spacial score (nSPS) is 15.9. The molecule has 0 radical (unpaired) electrons. The number of furan rings is 2. The van der Waals surface area contributed by atoms with Crippen LogP contribution in [-0.2, 0) is 0 Å². The molecule has 0 saturated heterocycles. The molecule has 6 heteroatoms. The Kier molecular flexibility index (Phi) is 7.03. The Morgan fingerprint density at radius 2 is 1.11 bits per heavy atom. The van der Waals surface area contributed by atoms with Crippen molar-refractivity contribution in [2.75, 3.05) is 0 Å². The fraction of sp³-hybridized carbons (Fsp3) is 0.0392. The highest BCUT2D eigenvalue weighted by Gasteiger charge is 2.27. The van der Waals surface area contributed by atoms with Crippen molar-refractivity contribution in [2.24, 2.45) is 4.99 Å². The second kappa shape index (κ2) is 12.6. The lowest BCUT2D eigenvalue weighted by Gasteiger charge is -2.32. The van der Waals surface area contributed by atoms with Crippen LogP contribution in [0.3, 0.4) is 0 Å². The zero-order valence-corrected chi connectivity index (χ0v) is 30.7. The van der Waals surface area contributed by atoms with E-state index in [2.05, 4.69) is 173 Å². The standard InChI is InChI=1S/C51H34N4O2/c1-3-12-31(13-4-1)49-52-50(32-14-5-2-6-15-32)54-51(53-49)39-18-11-21-46-48(39)41-28-33(23-26-45(41)56-46)34-22-25-38-40-30-35(24-27-44(40)57-47(38)29-34)55-42-19-9-7-16-36(42)37-17-8-10-20-43(37)55/h1-30,49-50,52H,(H,53,54). The predicted octanol–water partition coefficient (Wildman–Crippen LogP) is 12.6. The molecule has 6 nitrogen and oxygen atoms in total. The van der Waals surface area contributed by atoms with E-state index in [9.17, 15) is 0 Å². The van der Waals surface area contributed by atoms with E-state index in [1.54, 1.807) is 0 Å². The Morgan fingerprint density at radius 3 is 1.89 bits per heavy atom. The highest BCUT2D eigenvalue weighted by Crippen LogP contribution is 2.39. The Balaban J connectivity index is 0.960. The molecular weight excluding hydrogens is 701 g/mol. The molecule has 0 spiro atoms. The summed E-state index contributed by atoms with van der Waals surface area (Å²) in [6.07, 6.45) is -0.369. The minimum absolute atomic E-state index is 0.138. The van der Waals surface area contributed by atoms with Gasteiger partial charge in [0.15, 0.2) is 0 Å². The first-order valence-electron chi connectivity index (χ1n) is 19.3. The molecule has 3 aromatic heterocycles. The number of aliphatic imine (C=N–C) groups is 1. The number of amidine groups is 1. The lowest BCUT2D eigenvalue weighted by Crippen LogP contribution is -2.45. The molecule has 1 aliphatic heterocycles. The maximum Gasteiger partial charge on any atom is 0.136 e. The molecule has 12 rings (SSSR count). The molecule has 1 aliphatic rings. The maximum absolute atomic E-state index is 6.54. The summed E-state index contributed by atoms with van der Waals surface area (Å²) in [5.74, 6) is 0.819. The second-order valence-corrected chi connectivity index (χ2v) is 14.8. The number of rotatable bonds is 5. The van der Waals surface area contributed by atoms with Crippen LogP contribution in [0.4, 0.5) is 0 Å². The molecule has 4 heterocycles. The van der Waals surface area contributed by atoms with E-state index in [0.717, 1.165) is 83.2 Å². The Bertz CT molecular complexity index is 3320.